The Morgan fingerprint density at radius 1 is 1.37 bits per heavy atom. The Bertz CT molecular complexity index is 745. The molecule has 8 nitrogen and oxygen atoms in total. The number of anilines is 1. The topological polar surface area (TPSA) is 85.2 Å². The van der Waals surface area contributed by atoms with Crippen LogP contribution in [0, 0.1) is 16.0 Å². The molecular formula is C21H32ClN3O5. The first-order valence-corrected chi connectivity index (χ1v) is 10.7. The number of benzene rings is 1. The van der Waals surface area contributed by atoms with Crippen LogP contribution in [0.4, 0.5) is 16.2 Å². The van der Waals surface area contributed by atoms with Crippen LogP contribution in [0.2, 0.25) is 0 Å². The number of carbonyl (C=O) groups excluding carboxylic acids is 1. The smallest absolute Gasteiger partial charge is 0.410 e. The summed E-state index contributed by atoms with van der Waals surface area (Å²) in [4.78, 5) is 26.9. The van der Waals surface area contributed by atoms with E-state index in [-0.39, 0.29) is 23.7 Å². The van der Waals surface area contributed by atoms with Gasteiger partial charge in [0.05, 0.1) is 23.3 Å². The molecule has 0 aliphatic carbocycles. The summed E-state index contributed by atoms with van der Waals surface area (Å²) in [7, 11) is 1.77. The Balaban J connectivity index is 2.08. The summed E-state index contributed by atoms with van der Waals surface area (Å²) >= 11 is 5.86. The van der Waals surface area contributed by atoms with E-state index in [0.717, 1.165) is 18.5 Å². The number of nitro groups is 1. The van der Waals surface area contributed by atoms with Gasteiger partial charge in [-0.15, -0.1) is 11.6 Å². The second-order valence-corrected chi connectivity index (χ2v) is 9.10. The van der Waals surface area contributed by atoms with Crippen LogP contribution in [0.15, 0.2) is 18.2 Å². The molecule has 1 aliphatic heterocycles. The molecule has 9 heteroatoms. The minimum Gasteiger partial charge on any atom is -0.491 e. The predicted molar refractivity (Wildman–Crippen MR) is 118 cm³/mol. The largest absolute Gasteiger partial charge is 0.491 e. The summed E-state index contributed by atoms with van der Waals surface area (Å²) in [5.74, 6) is 1.07. The number of amides is 1. The van der Waals surface area contributed by atoms with Crippen LogP contribution >= 0.6 is 11.6 Å². The lowest BCUT2D eigenvalue weighted by atomic mass is 10.0. The fraction of sp³-hybridized carbons (Fsp3) is 0.667. The van der Waals surface area contributed by atoms with Gasteiger partial charge >= 0.3 is 6.09 Å². The lowest BCUT2D eigenvalue weighted by molar-refractivity contribution is -0.384. The molecule has 1 saturated heterocycles. The van der Waals surface area contributed by atoms with Crippen LogP contribution in [-0.4, -0.2) is 60.2 Å². The lowest BCUT2D eigenvalue weighted by Crippen LogP contribution is -2.47. The molecule has 30 heavy (non-hydrogen) atoms. The van der Waals surface area contributed by atoms with E-state index in [4.69, 9.17) is 21.1 Å². The molecule has 1 heterocycles. The minimum absolute atomic E-state index is 0.00757. The number of alkyl halides is 1. The molecule has 0 saturated carbocycles. The van der Waals surface area contributed by atoms with E-state index >= 15 is 0 Å². The van der Waals surface area contributed by atoms with Gasteiger partial charge in [0, 0.05) is 44.0 Å². The number of hydrogen-bond acceptors (Lipinski definition) is 6. The normalized spacial score (nSPS) is 16.1. The number of nitro benzene ring substituents is 1. The van der Waals surface area contributed by atoms with E-state index in [9.17, 15) is 14.9 Å². The van der Waals surface area contributed by atoms with Crippen molar-refractivity contribution in [1.82, 2.24) is 4.90 Å². The third-order valence-corrected chi connectivity index (χ3v) is 5.50. The highest BCUT2D eigenvalue weighted by molar-refractivity contribution is 6.18. The molecule has 0 aromatic heterocycles. The molecular weight excluding hydrogens is 410 g/mol. The zero-order chi connectivity index (χ0) is 22.5. The highest BCUT2D eigenvalue weighted by Crippen LogP contribution is 2.35. The van der Waals surface area contributed by atoms with Crippen molar-refractivity contribution in [2.24, 2.45) is 5.92 Å². The molecule has 1 aliphatic rings. The number of carbonyl (C=O) groups is 1. The van der Waals surface area contributed by atoms with Crippen LogP contribution in [0.5, 0.6) is 5.75 Å². The molecule has 2 rings (SSSR count). The Hall–Kier alpha value is -2.22. The van der Waals surface area contributed by atoms with Crippen LogP contribution < -0.4 is 9.64 Å². The van der Waals surface area contributed by atoms with Crippen molar-refractivity contribution >= 4 is 29.1 Å². The molecule has 1 amide bonds. The van der Waals surface area contributed by atoms with Gasteiger partial charge < -0.3 is 19.3 Å². The van der Waals surface area contributed by atoms with Crippen LogP contribution in [0.1, 0.15) is 40.5 Å². The Morgan fingerprint density at radius 2 is 2.00 bits per heavy atom. The van der Waals surface area contributed by atoms with Gasteiger partial charge in [0.15, 0.2) is 0 Å². The summed E-state index contributed by atoms with van der Waals surface area (Å²) in [6, 6.07) is 4.77. The van der Waals surface area contributed by atoms with Crippen molar-refractivity contribution in [2.75, 3.05) is 37.5 Å². The van der Waals surface area contributed by atoms with E-state index in [0.29, 0.717) is 31.3 Å². The third-order valence-electron chi connectivity index (χ3n) is 4.98. The zero-order valence-electron chi connectivity index (χ0n) is 18.4. The van der Waals surface area contributed by atoms with Gasteiger partial charge in [-0.25, -0.2) is 4.79 Å². The van der Waals surface area contributed by atoms with Gasteiger partial charge in [0.1, 0.15) is 11.4 Å². The van der Waals surface area contributed by atoms with Crippen LogP contribution in [-0.2, 0) is 4.74 Å². The maximum absolute atomic E-state index is 12.3. The zero-order valence-corrected chi connectivity index (χ0v) is 19.1. The van der Waals surface area contributed by atoms with Gasteiger partial charge in [-0.3, -0.25) is 10.1 Å². The Morgan fingerprint density at radius 3 is 2.53 bits per heavy atom. The number of nitrogens with zero attached hydrogens (tertiary/aromatic N) is 3. The summed E-state index contributed by atoms with van der Waals surface area (Å²) in [6.45, 7) is 9.30. The van der Waals surface area contributed by atoms with E-state index in [2.05, 4.69) is 4.90 Å². The van der Waals surface area contributed by atoms with Crippen LogP contribution in [0.25, 0.3) is 0 Å². The fourth-order valence-electron chi connectivity index (χ4n) is 3.25. The standard InChI is InChI=1S/C21H32ClN3O5/c1-15(13-22)14-29-19-12-17(25(27)28)6-7-18(19)24-10-8-16(9-11-24)23(5)20(26)30-21(2,3)4/h6-7,12,15-16H,8-11,13-14H2,1-5H3. The Labute approximate surface area is 183 Å². The van der Waals surface area contributed by atoms with E-state index in [1.165, 1.54) is 12.1 Å². The van der Waals surface area contributed by atoms with E-state index in [1.54, 1.807) is 18.0 Å². The molecule has 1 aromatic rings. The summed E-state index contributed by atoms with van der Waals surface area (Å²) in [5.41, 5.74) is 0.282. The molecule has 1 fully saturated rings. The maximum Gasteiger partial charge on any atom is 0.410 e. The molecule has 1 unspecified atom stereocenters. The summed E-state index contributed by atoms with van der Waals surface area (Å²) in [6.07, 6.45) is 1.21. The van der Waals surface area contributed by atoms with Gasteiger partial charge in [-0.1, -0.05) is 6.92 Å². The third kappa shape index (κ3) is 6.65. The number of piperidine rings is 1. The first-order chi connectivity index (χ1) is 14.0. The van der Waals surface area contributed by atoms with E-state index < -0.39 is 10.5 Å². The fourth-order valence-corrected chi connectivity index (χ4v) is 3.34. The Kier molecular flexibility index (Phi) is 8.18. The average Bonchev–Trinajstić information content (AvgIpc) is 2.70. The number of ether oxygens (including phenoxy) is 2. The molecule has 1 atom stereocenters. The number of non-ortho nitro benzene ring substituents is 1. The second-order valence-electron chi connectivity index (χ2n) is 8.79. The van der Waals surface area contributed by atoms with Crippen molar-refractivity contribution in [3.05, 3.63) is 28.3 Å². The second kappa shape index (κ2) is 10.2. The SMILES string of the molecule is CC(CCl)COc1cc([N+](=O)[O-])ccc1N1CCC(N(C)C(=O)OC(C)(C)C)CC1. The van der Waals surface area contributed by atoms with Gasteiger partial charge in [-0.2, -0.15) is 0 Å². The number of hydrogen-bond donors (Lipinski definition) is 0. The summed E-state index contributed by atoms with van der Waals surface area (Å²) < 4.78 is 11.3. The van der Waals surface area contributed by atoms with Gasteiger partial charge in [0.25, 0.3) is 5.69 Å². The first-order valence-electron chi connectivity index (χ1n) is 10.2. The van der Waals surface area contributed by atoms with Gasteiger partial charge in [-0.05, 0) is 39.7 Å². The van der Waals surface area contributed by atoms with Gasteiger partial charge in [0.2, 0.25) is 0 Å². The number of rotatable bonds is 7. The van der Waals surface area contributed by atoms with Crippen LogP contribution in [0.3, 0.4) is 0 Å². The minimum atomic E-state index is -0.531. The monoisotopic (exact) mass is 441 g/mol. The molecule has 0 bridgehead atoms. The lowest BCUT2D eigenvalue weighted by Gasteiger charge is -2.38. The number of halogens is 1. The highest BCUT2D eigenvalue weighted by Gasteiger charge is 2.29. The van der Waals surface area contributed by atoms with Crippen molar-refractivity contribution in [3.63, 3.8) is 0 Å². The maximum atomic E-state index is 12.3. The first kappa shape index (κ1) is 24.1. The van der Waals surface area contributed by atoms with Crippen molar-refractivity contribution in [2.45, 2.75) is 52.2 Å². The molecule has 1 aromatic carbocycles. The predicted octanol–water partition coefficient (Wildman–Crippen LogP) is 4.68. The molecule has 0 spiro atoms. The van der Waals surface area contributed by atoms with Crippen molar-refractivity contribution in [3.8, 4) is 5.75 Å². The molecule has 168 valence electrons. The summed E-state index contributed by atoms with van der Waals surface area (Å²) in [5, 5.41) is 11.2. The van der Waals surface area contributed by atoms with E-state index in [1.807, 2.05) is 27.7 Å². The molecule has 0 N–H and O–H groups in total. The quantitative estimate of drug-likeness (QED) is 0.347. The average molecular weight is 442 g/mol. The molecule has 0 radical (unpaired) electrons. The highest BCUT2D eigenvalue weighted by atomic mass is 35.5. The van der Waals surface area contributed by atoms with Crippen molar-refractivity contribution in [1.29, 1.82) is 0 Å². The van der Waals surface area contributed by atoms with Crippen molar-refractivity contribution < 1.29 is 19.2 Å².